The van der Waals surface area contributed by atoms with E-state index in [1.54, 1.807) is 12.4 Å². The van der Waals surface area contributed by atoms with Crippen molar-refractivity contribution in [2.24, 2.45) is 5.92 Å². The Morgan fingerprint density at radius 2 is 1.43 bits per heavy atom. The van der Waals surface area contributed by atoms with E-state index < -0.39 is 0 Å². The molecule has 0 spiro atoms. The number of piperidine rings is 1. The summed E-state index contributed by atoms with van der Waals surface area (Å²) < 4.78 is 0. The Kier molecular flexibility index (Phi) is 6.15. The van der Waals surface area contributed by atoms with Crippen LogP contribution in [-0.4, -0.2) is 40.5 Å². The van der Waals surface area contributed by atoms with Crippen LogP contribution < -0.4 is 5.32 Å². The van der Waals surface area contributed by atoms with Gasteiger partial charge in [0.25, 0.3) is 5.91 Å². The Bertz CT molecular complexity index is 1080. The van der Waals surface area contributed by atoms with E-state index in [0.29, 0.717) is 23.3 Å². The SMILES string of the molecule is O=C(NC1CC2(N3CCCCC3)CC(c3ccccc3)C1C(c1ccccc1)C2)c1cccnc1. The molecule has 1 N–H and O–H groups in total. The van der Waals surface area contributed by atoms with Gasteiger partial charge in [-0.05, 0) is 86.2 Å². The topological polar surface area (TPSA) is 45.2 Å². The Labute approximate surface area is 208 Å². The highest BCUT2D eigenvalue weighted by Crippen LogP contribution is 2.60. The van der Waals surface area contributed by atoms with E-state index in [9.17, 15) is 4.79 Å². The van der Waals surface area contributed by atoms with Crippen LogP contribution in [0.3, 0.4) is 0 Å². The Morgan fingerprint density at radius 3 is 2.00 bits per heavy atom. The smallest absolute Gasteiger partial charge is 0.253 e. The lowest BCUT2D eigenvalue weighted by Crippen LogP contribution is -2.66. The molecule has 4 aliphatic rings. The van der Waals surface area contributed by atoms with Crippen molar-refractivity contribution in [2.75, 3.05) is 13.1 Å². The quantitative estimate of drug-likeness (QED) is 0.519. The first-order chi connectivity index (χ1) is 17.2. The second-order valence-corrected chi connectivity index (χ2v) is 10.8. The number of benzene rings is 2. The Hall–Kier alpha value is -2.98. The molecule has 7 rings (SSSR count). The minimum absolute atomic E-state index is 0.00284. The third-order valence-electron chi connectivity index (χ3n) is 8.92. The van der Waals surface area contributed by atoms with E-state index >= 15 is 0 Å². The van der Waals surface area contributed by atoms with Gasteiger partial charge in [-0.3, -0.25) is 14.7 Å². The van der Waals surface area contributed by atoms with Gasteiger partial charge in [-0.25, -0.2) is 0 Å². The molecule has 2 heterocycles. The second-order valence-electron chi connectivity index (χ2n) is 10.8. The minimum Gasteiger partial charge on any atom is -0.349 e. The number of nitrogens with one attached hydrogen (secondary N) is 1. The molecule has 1 amide bonds. The largest absolute Gasteiger partial charge is 0.349 e. The molecule has 2 bridgehead atoms. The van der Waals surface area contributed by atoms with Crippen LogP contribution >= 0.6 is 0 Å². The zero-order valence-electron chi connectivity index (χ0n) is 20.4. The van der Waals surface area contributed by atoms with Crippen molar-refractivity contribution in [1.82, 2.24) is 15.2 Å². The number of nitrogens with zero attached hydrogens (tertiary/aromatic N) is 2. The van der Waals surface area contributed by atoms with Crippen molar-refractivity contribution in [1.29, 1.82) is 0 Å². The number of carbonyl (C=O) groups excluding carboxylic acids is 1. The molecule has 180 valence electrons. The van der Waals surface area contributed by atoms with Crippen molar-refractivity contribution in [3.8, 4) is 0 Å². The lowest BCUT2D eigenvalue weighted by Gasteiger charge is -2.62. The summed E-state index contributed by atoms with van der Waals surface area (Å²) in [4.78, 5) is 20.4. The Balaban J connectivity index is 1.43. The van der Waals surface area contributed by atoms with Gasteiger partial charge in [-0.1, -0.05) is 67.1 Å². The number of fused-ring (bicyclic) bond motifs is 3. The summed E-state index contributed by atoms with van der Waals surface area (Å²) in [6.45, 7) is 2.36. The molecule has 1 aromatic heterocycles. The molecule has 4 heteroatoms. The standard InChI is InChI=1S/C31H35N3O/c35-30(25-15-10-16-32-22-25)33-28-21-31(34-17-8-3-9-18-34)19-26(23-11-4-1-5-12-23)29(28)27(20-31)24-13-6-2-7-14-24/h1-2,4-7,10-16,22,26-29H,3,8-9,17-21H2,(H,33,35). The van der Waals surface area contributed by atoms with Gasteiger partial charge >= 0.3 is 0 Å². The van der Waals surface area contributed by atoms with E-state index in [-0.39, 0.29) is 17.5 Å². The number of rotatable bonds is 5. The molecule has 3 aliphatic carbocycles. The molecule has 2 aromatic carbocycles. The maximum absolute atomic E-state index is 13.4. The maximum atomic E-state index is 13.4. The summed E-state index contributed by atoms with van der Waals surface area (Å²) in [6, 6.07) is 26.0. The number of amides is 1. The fourth-order valence-electron chi connectivity index (χ4n) is 7.46. The average molecular weight is 466 g/mol. The van der Waals surface area contributed by atoms with Gasteiger partial charge in [-0.2, -0.15) is 0 Å². The molecule has 1 aliphatic heterocycles. The van der Waals surface area contributed by atoms with E-state index in [2.05, 4.69) is 75.9 Å². The number of hydrogen-bond donors (Lipinski definition) is 1. The molecule has 3 aromatic rings. The fraction of sp³-hybridized carbons (Fsp3) is 0.419. The lowest BCUT2D eigenvalue weighted by atomic mass is 9.51. The van der Waals surface area contributed by atoms with Crippen LogP contribution in [0.25, 0.3) is 0 Å². The molecule has 1 saturated heterocycles. The maximum Gasteiger partial charge on any atom is 0.253 e. The monoisotopic (exact) mass is 465 g/mol. The lowest BCUT2D eigenvalue weighted by molar-refractivity contribution is -0.0606. The van der Waals surface area contributed by atoms with E-state index in [4.69, 9.17) is 0 Å². The highest BCUT2D eigenvalue weighted by atomic mass is 16.1. The predicted octanol–water partition coefficient (Wildman–Crippen LogP) is 5.79. The molecule has 35 heavy (non-hydrogen) atoms. The molecule has 4 fully saturated rings. The zero-order valence-corrected chi connectivity index (χ0v) is 20.4. The number of likely N-dealkylation sites (tertiary alicyclic amines) is 1. The normalized spacial score (nSPS) is 30.6. The van der Waals surface area contributed by atoms with Crippen LogP contribution in [0, 0.1) is 5.92 Å². The third kappa shape index (κ3) is 4.29. The van der Waals surface area contributed by atoms with Crippen molar-refractivity contribution in [3.05, 3.63) is 102 Å². The molecule has 0 radical (unpaired) electrons. The van der Waals surface area contributed by atoms with Crippen LogP contribution in [0.5, 0.6) is 0 Å². The summed E-state index contributed by atoms with van der Waals surface area (Å²) in [5.74, 6) is 1.21. The molecule has 4 nitrogen and oxygen atoms in total. The van der Waals surface area contributed by atoms with Crippen LogP contribution in [0.15, 0.2) is 85.2 Å². The molecule has 3 atom stereocenters. The zero-order chi connectivity index (χ0) is 23.7. The second kappa shape index (κ2) is 9.58. The summed E-state index contributed by atoms with van der Waals surface area (Å²) in [5, 5.41) is 3.52. The van der Waals surface area contributed by atoms with Gasteiger partial charge in [0.15, 0.2) is 0 Å². The van der Waals surface area contributed by atoms with E-state index in [0.717, 1.165) is 6.42 Å². The van der Waals surface area contributed by atoms with Crippen molar-refractivity contribution in [3.63, 3.8) is 0 Å². The average Bonchev–Trinajstić information content (AvgIpc) is 2.95. The molecular formula is C31H35N3O. The highest BCUT2D eigenvalue weighted by molar-refractivity contribution is 5.94. The number of aromatic nitrogens is 1. The van der Waals surface area contributed by atoms with Crippen molar-refractivity contribution >= 4 is 5.91 Å². The minimum atomic E-state index is 0.00284. The Morgan fingerprint density at radius 1 is 0.800 bits per heavy atom. The number of hydrogen-bond acceptors (Lipinski definition) is 3. The van der Waals surface area contributed by atoms with Gasteiger partial charge in [0, 0.05) is 24.0 Å². The summed E-state index contributed by atoms with van der Waals surface area (Å²) in [5.41, 5.74) is 3.59. The first kappa shape index (κ1) is 22.5. The van der Waals surface area contributed by atoms with Gasteiger partial charge in [0.05, 0.1) is 5.56 Å². The summed E-state index contributed by atoms with van der Waals surface area (Å²) in [7, 11) is 0. The third-order valence-corrected chi connectivity index (χ3v) is 8.92. The number of pyridine rings is 1. The van der Waals surface area contributed by atoms with Crippen molar-refractivity contribution in [2.45, 2.75) is 61.9 Å². The van der Waals surface area contributed by atoms with Gasteiger partial charge in [0.2, 0.25) is 0 Å². The summed E-state index contributed by atoms with van der Waals surface area (Å²) >= 11 is 0. The van der Waals surface area contributed by atoms with E-state index in [1.165, 1.54) is 56.3 Å². The fourth-order valence-corrected chi connectivity index (χ4v) is 7.46. The molecule has 3 unspecified atom stereocenters. The van der Waals surface area contributed by atoms with E-state index in [1.807, 2.05) is 12.1 Å². The van der Waals surface area contributed by atoms with Crippen LogP contribution in [0.2, 0.25) is 0 Å². The highest BCUT2D eigenvalue weighted by Gasteiger charge is 2.58. The van der Waals surface area contributed by atoms with Crippen LogP contribution in [0.1, 0.15) is 71.8 Å². The van der Waals surface area contributed by atoms with Crippen LogP contribution in [0.4, 0.5) is 0 Å². The number of carbonyl (C=O) groups is 1. The van der Waals surface area contributed by atoms with Crippen LogP contribution in [-0.2, 0) is 0 Å². The summed E-state index contributed by atoms with van der Waals surface area (Å²) in [6.07, 6.45) is 10.7. The molecular weight excluding hydrogens is 430 g/mol. The van der Waals surface area contributed by atoms with Gasteiger partial charge in [0.1, 0.15) is 0 Å². The van der Waals surface area contributed by atoms with Gasteiger partial charge < -0.3 is 5.32 Å². The van der Waals surface area contributed by atoms with Gasteiger partial charge in [-0.15, -0.1) is 0 Å². The first-order valence-corrected chi connectivity index (χ1v) is 13.3. The predicted molar refractivity (Wildman–Crippen MR) is 139 cm³/mol. The van der Waals surface area contributed by atoms with Crippen molar-refractivity contribution < 1.29 is 4.79 Å². The first-order valence-electron chi connectivity index (χ1n) is 13.3. The molecule has 3 saturated carbocycles.